The van der Waals surface area contributed by atoms with Crippen molar-refractivity contribution in [2.45, 2.75) is 85.4 Å². The highest BCUT2D eigenvalue weighted by Gasteiger charge is 2.20. The Morgan fingerprint density at radius 3 is 2.05 bits per heavy atom. The van der Waals surface area contributed by atoms with Crippen LogP contribution in [0.15, 0.2) is 58.1 Å². The van der Waals surface area contributed by atoms with Crippen LogP contribution in [-0.2, 0) is 4.74 Å². The summed E-state index contributed by atoms with van der Waals surface area (Å²) in [5.74, 6) is 0.730. The van der Waals surface area contributed by atoms with Crippen LogP contribution in [0.3, 0.4) is 0 Å². The number of hydrogen-bond acceptors (Lipinski definition) is 4. The van der Waals surface area contributed by atoms with Gasteiger partial charge in [-0.1, -0.05) is 45.9 Å². The number of aliphatic imine (C=N–C) groups is 2. The first-order chi connectivity index (χ1) is 17.4. The number of hydrogen-bond donors (Lipinski definition) is 3. The Labute approximate surface area is 221 Å². The molecule has 2 atom stereocenters. The van der Waals surface area contributed by atoms with E-state index in [1.54, 1.807) is 52.1 Å². The first-order valence-electron chi connectivity index (χ1n) is 13.1. The van der Waals surface area contributed by atoms with Crippen LogP contribution in [0.25, 0.3) is 0 Å². The van der Waals surface area contributed by atoms with E-state index in [0.29, 0.717) is 17.2 Å². The number of rotatable bonds is 10. The Morgan fingerprint density at radius 2 is 1.59 bits per heavy atom. The number of ether oxygens (including phenoxy) is 1. The summed E-state index contributed by atoms with van der Waals surface area (Å²) in [6.45, 7) is 13.8. The Hall–Kier alpha value is -3.42. The predicted molar refractivity (Wildman–Crippen MR) is 153 cm³/mol. The minimum Gasteiger partial charge on any atom is -0.444 e. The lowest BCUT2D eigenvalue weighted by Crippen LogP contribution is -2.42. The molecule has 37 heavy (non-hydrogen) atoms. The summed E-state index contributed by atoms with van der Waals surface area (Å²) in [7, 11) is 1.74. The largest absolute Gasteiger partial charge is 0.444 e. The first kappa shape index (κ1) is 29.8. The second kappa shape index (κ2) is 13.8. The topological polar surface area (TPSA) is 104 Å². The van der Waals surface area contributed by atoms with Gasteiger partial charge in [-0.05, 0) is 75.8 Å². The zero-order valence-corrected chi connectivity index (χ0v) is 23.5. The smallest absolute Gasteiger partial charge is 0.412 e. The molecular weight excluding hydrogens is 466 g/mol. The standard InChI is InChI=1S/C29H43N5O3/c1-9-22(18-23(10-2)32-27(30-8)34-25(19(3)4)20-12-11-13-20)31-26(35)21-14-16-24(17-15-21)33-28(36)37-29(5,6)7/h11-17,19,22-23H,9-10,18H2,1-8H3,(H,30,32)(H,31,35)(H,33,36). The summed E-state index contributed by atoms with van der Waals surface area (Å²) >= 11 is 0. The molecule has 3 N–H and O–H groups in total. The molecule has 0 aromatic heterocycles. The maximum absolute atomic E-state index is 12.9. The molecule has 0 heterocycles. The molecule has 0 saturated carbocycles. The molecule has 202 valence electrons. The molecule has 0 fully saturated rings. The minimum atomic E-state index is -0.581. The fourth-order valence-electron chi connectivity index (χ4n) is 3.73. The van der Waals surface area contributed by atoms with Crippen LogP contribution in [0.5, 0.6) is 0 Å². The van der Waals surface area contributed by atoms with Crippen LogP contribution in [0.2, 0.25) is 0 Å². The Morgan fingerprint density at radius 1 is 1.00 bits per heavy atom. The van der Waals surface area contributed by atoms with Gasteiger partial charge in [-0.25, -0.2) is 9.79 Å². The van der Waals surface area contributed by atoms with Crippen molar-refractivity contribution in [3.63, 3.8) is 0 Å². The number of carbonyl (C=O) groups excluding carboxylic acids is 2. The summed E-state index contributed by atoms with van der Waals surface area (Å²) in [6, 6.07) is 6.85. The molecule has 1 aliphatic carbocycles. The number of guanidine groups is 1. The summed E-state index contributed by atoms with van der Waals surface area (Å²) in [5.41, 5.74) is 2.65. The molecule has 2 rings (SSSR count). The highest BCUT2D eigenvalue weighted by atomic mass is 16.6. The molecule has 2 amide bonds. The van der Waals surface area contributed by atoms with E-state index in [-0.39, 0.29) is 23.9 Å². The second-order valence-electron chi connectivity index (χ2n) is 10.4. The van der Waals surface area contributed by atoms with E-state index >= 15 is 0 Å². The molecule has 2 unspecified atom stereocenters. The average molecular weight is 510 g/mol. The number of carbonyl (C=O) groups is 2. The molecule has 0 spiro atoms. The molecule has 1 aromatic carbocycles. The number of amides is 2. The number of anilines is 1. The Balaban J connectivity index is 1.98. The van der Waals surface area contributed by atoms with Crippen molar-refractivity contribution in [3.8, 4) is 0 Å². The van der Waals surface area contributed by atoms with E-state index in [4.69, 9.17) is 9.73 Å². The van der Waals surface area contributed by atoms with E-state index < -0.39 is 11.7 Å². The second-order valence-corrected chi connectivity index (χ2v) is 10.4. The Bertz CT molecular complexity index is 1050. The van der Waals surface area contributed by atoms with Gasteiger partial charge in [0, 0.05) is 30.4 Å². The third-order valence-electron chi connectivity index (χ3n) is 5.85. The minimum absolute atomic E-state index is 0.0200. The fraction of sp³-hybridized carbons (Fsp3) is 0.517. The number of benzene rings is 1. The monoisotopic (exact) mass is 509 g/mol. The molecule has 1 aromatic rings. The Kier molecular flexibility index (Phi) is 11.1. The molecule has 1 aliphatic rings. The van der Waals surface area contributed by atoms with Crippen LogP contribution in [0, 0.1) is 5.92 Å². The average Bonchev–Trinajstić information content (AvgIpc) is 2.79. The van der Waals surface area contributed by atoms with Gasteiger partial charge >= 0.3 is 6.09 Å². The zero-order valence-electron chi connectivity index (χ0n) is 23.5. The molecule has 8 nitrogen and oxygen atoms in total. The van der Waals surface area contributed by atoms with Gasteiger partial charge in [0.1, 0.15) is 5.60 Å². The molecule has 8 heteroatoms. The van der Waals surface area contributed by atoms with Crippen molar-refractivity contribution in [3.05, 3.63) is 53.6 Å². The summed E-state index contributed by atoms with van der Waals surface area (Å²) in [6.07, 6.45) is 8.00. The van der Waals surface area contributed by atoms with E-state index in [2.05, 4.69) is 60.8 Å². The maximum atomic E-state index is 12.9. The fourth-order valence-corrected chi connectivity index (χ4v) is 3.73. The quantitative estimate of drug-likeness (QED) is 0.271. The van der Waals surface area contributed by atoms with Gasteiger partial charge in [0.2, 0.25) is 5.96 Å². The molecule has 0 bridgehead atoms. The number of nitrogens with zero attached hydrogens (tertiary/aromatic N) is 2. The van der Waals surface area contributed by atoms with Crippen LogP contribution in [0.1, 0.15) is 78.1 Å². The van der Waals surface area contributed by atoms with Crippen molar-refractivity contribution in [1.29, 1.82) is 0 Å². The summed E-state index contributed by atoms with van der Waals surface area (Å²) in [5, 5.41) is 9.29. The molecule has 0 radical (unpaired) electrons. The maximum Gasteiger partial charge on any atom is 0.412 e. The summed E-state index contributed by atoms with van der Waals surface area (Å²) < 4.78 is 5.27. The first-order valence-corrected chi connectivity index (χ1v) is 13.1. The van der Waals surface area contributed by atoms with Gasteiger partial charge in [-0.3, -0.25) is 15.1 Å². The highest BCUT2D eigenvalue weighted by Crippen LogP contribution is 2.17. The van der Waals surface area contributed by atoms with Crippen LogP contribution < -0.4 is 16.0 Å². The van der Waals surface area contributed by atoms with Gasteiger partial charge in [0.05, 0.1) is 5.71 Å². The summed E-state index contributed by atoms with van der Waals surface area (Å²) in [4.78, 5) is 34.1. The molecule has 0 aliphatic heterocycles. The number of allylic oxidation sites excluding steroid dienone is 4. The molecular formula is C29H43N5O3. The third-order valence-corrected chi connectivity index (χ3v) is 5.85. The molecule has 0 saturated heterocycles. The van der Waals surface area contributed by atoms with Crippen molar-refractivity contribution in [2.75, 3.05) is 12.4 Å². The lowest BCUT2D eigenvalue weighted by atomic mass is 9.95. The van der Waals surface area contributed by atoms with E-state index in [1.165, 1.54) is 0 Å². The van der Waals surface area contributed by atoms with Crippen LogP contribution in [0.4, 0.5) is 10.5 Å². The van der Waals surface area contributed by atoms with E-state index in [9.17, 15) is 9.59 Å². The van der Waals surface area contributed by atoms with Gasteiger partial charge in [0.25, 0.3) is 5.91 Å². The zero-order chi connectivity index (χ0) is 27.6. The predicted octanol–water partition coefficient (Wildman–Crippen LogP) is 5.88. The van der Waals surface area contributed by atoms with Gasteiger partial charge < -0.3 is 15.4 Å². The van der Waals surface area contributed by atoms with E-state index in [1.807, 2.05) is 6.08 Å². The highest BCUT2D eigenvalue weighted by molar-refractivity contribution is 6.10. The van der Waals surface area contributed by atoms with Gasteiger partial charge in [0.15, 0.2) is 0 Å². The normalized spacial score (nSPS) is 15.4. The van der Waals surface area contributed by atoms with E-state index in [0.717, 1.165) is 30.5 Å². The lowest BCUT2D eigenvalue weighted by molar-refractivity contribution is 0.0635. The van der Waals surface area contributed by atoms with Crippen LogP contribution >= 0.6 is 0 Å². The van der Waals surface area contributed by atoms with Crippen LogP contribution in [-0.4, -0.2) is 48.4 Å². The van der Waals surface area contributed by atoms with Gasteiger partial charge in [-0.15, -0.1) is 0 Å². The lowest BCUT2D eigenvalue weighted by Gasteiger charge is -2.25. The van der Waals surface area contributed by atoms with Crippen molar-refractivity contribution < 1.29 is 14.3 Å². The third kappa shape index (κ3) is 9.86. The SMILES string of the molecule is CCC(CC(CC)NC(=NC)N=C(C1=CC=C1)C(C)C)NC(=O)c1ccc(NC(=O)OC(C)(C)C)cc1. The van der Waals surface area contributed by atoms with Crippen molar-refractivity contribution >= 4 is 29.4 Å². The van der Waals surface area contributed by atoms with Crippen molar-refractivity contribution in [2.24, 2.45) is 15.9 Å². The number of nitrogens with one attached hydrogen (secondary N) is 3. The van der Waals surface area contributed by atoms with Gasteiger partial charge in [-0.2, -0.15) is 0 Å². The van der Waals surface area contributed by atoms with Crippen molar-refractivity contribution in [1.82, 2.24) is 10.6 Å².